The zero-order valence-electron chi connectivity index (χ0n) is 16.0. The van der Waals surface area contributed by atoms with Crippen LogP contribution in [0.15, 0.2) is 54.6 Å². The van der Waals surface area contributed by atoms with Crippen molar-refractivity contribution in [2.75, 3.05) is 14.2 Å². The van der Waals surface area contributed by atoms with Crippen molar-refractivity contribution in [1.29, 1.82) is 0 Å². The number of hydrogen-bond donors (Lipinski definition) is 1. The number of nitrogens with one attached hydrogen (secondary N) is 1. The molecular formula is C21H23NO6. The fourth-order valence-electron chi connectivity index (χ4n) is 2.74. The third kappa shape index (κ3) is 5.57. The third-order valence-corrected chi connectivity index (χ3v) is 4.13. The van der Waals surface area contributed by atoms with E-state index in [1.165, 1.54) is 14.2 Å². The predicted molar refractivity (Wildman–Crippen MR) is 101 cm³/mol. The Hall–Kier alpha value is -3.35. The van der Waals surface area contributed by atoms with Gasteiger partial charge in [-0.1, -0.05) is 60.2 Å². The molecule has 0 saturated carbocycles. The Morgan fingerprint density at radius 1 is 0.929 bits per heavy atom. The third-order valence-electron chi connectivity index (χ3n) is 4.13. The summed E-state index contributed by atoms with van der Waals surface area (Å²) in [5, 5.41) is 2.60. The van der Waals surface area contributed by atoms with Crippen LogP contribution in [0.3, 0.4) is 0 Å². The minimum atomic E-state index is -1.37. The number of methoxy groups -OCH3 is 2. The fraction of sp³-hybridized carbons (Fsp3) is 0.286. The summed E-state index contributed by atoms with van der Waals surface area (Å²) in [4.78, 5) is 36.9. The highest BCUT2D eigenvalue weighted by Gasteiger charge is 2.39. The Kier molecular flexibility index (Phi) is 7.56. The molecule has 0 heterocycles. The van der Waals surface area contributed by atoms with Crippen molar-refractivity contribution < 1.29 is 28.6 Å². The molecular weight excluding hydrogens is 362 g/mol. The number of benzene rings is 2. The summed E-state index contributed by atoms with van der Waals surface area (Å²) in [5.41, 5.74) is 2.26. The molecule has 2 rings (SSSR count). The van der Waals surface area contributed by atoms with Crippen LogP contribution < -0.4 is 5.32 Å². The second-order valence-corrected chi connectivity index (χ2v) is 6.12. The number of carbonyl (C=O) groups is 3. The SMILES string of the molecule is COC(=O)C(C(=O)OC)[C@@H](NC(=O)OCc1ccccc1)c1cccc(C)c1. The Morgan fingerprint density at radius 2 is 1.57 bits per heavy atom. The van der Waals surface area contributed by atoms with E-state index in [4.69, 9.17) is 14.2 Å². The first-order valence-electron chi connectivity index (χ1n) is 8.65. The molecule has 2 aromatic rings. The zero-order valence-corrected chi connectivity index (χ0v) is 16.0. The number of alkyl carbamates (subject to hydrolysis) is 1. The molecule has 0 saturated heterocycles. The van der Waals surface area contributed by atoms with Crippen LogP contribution in [0.5, 0.6) is 0 Å². The van der Waals surface area contributed by atoms with Gasteiger partial charge >= 0.3 is 18.0 Å². The Labute approximate surface area is 163 Å². The fourth-order valence-corrected chi connectivity index (χ4v) is 2.74. The monoisotopic (exact) mass is 385 g/mol. The smallest absolute Gasteiger partial charge is 0.407 e. The molecule has 1 amide bonds. The van der Waals surface area contributed by atoms with Crippen molar-refractivity contribution in [1.82, 2.24) is 5.32 Å². The van der Waals surface area contributed by atoms with Gasteiger partial charge in [0.25, 0.3) is 0 Å². The molecule has 0 aliphatic rings. The van der Waals surface area contributed by atoms with E-state index in [0.29, 0.717) is 5.56 Å². The van der Waals surface area contributed by atoms with E-state index in [-0.39, 0.29) is 6.61 Å². The molecule has 28 heavy (non-hydrogen) atoms. The minimum Gasteiger partial charge on any atom is -0.468 e. The summed E-state index contributed by atoms with van der Waals surface area (Å²) in [6.45, 7) is 1.91. The van der Waals surface area contributed by atoms with Crippen molar-refractivity contribution in [3.8, 4) is 0 Å². The molecule has 0 aliphatic carbocycles. The lowest BCUT2D eigenvalue weighted by molar-refractivity contribution is -0.160. The van der Waals surface area contributed by atoms with E-state index in [1.807, 2.05) is 43.3 Å². The maximum absolute atomic E-state index is 12.4. The molecule has 0 bridgehead atoms. The number of rotatable bonds is 7. The molecule has 7 heteroatoms. The molecule has 0 unspecified atom stereocenters. The van der Waals surface area contributed by atoms with Crippen molar-refractivity contribution in [2.45, 2.75) is 19.6 Å². The molecule has 0 spiro atoms. The van der Waals surface area contributed by atoms with E-state index in [1.54, 1.807) is 18.2 Å². The molecule has 2 aromatic carbocycles. The molecule has 0 radical (unpaired) electrons. The van der Waals surface area contributed by atoms with E-state index in [0.717, 1.165) is 11.1 Å². The van der Waals surface area contributed by atoms with E-state index < -0.39 is 30.0 Å². The first-order valence-corrected chi connectivity index (χ1v) is 8.65. The van der Waals surface area contributed by atoms with Gasteiger partial charge in [-0.05, 0) is 18.1 Å². The predicted octanol–water partition coefficient (Wildman–Crippen LogP) is 2.92. The van der Waals surface area contributed by atoms with Crippen LogP contribution >= 0.6 is 0 Å². The second kappa shape index (κ2) is 10.1. The molecule has 0 aromatic heterocycles. The second-order valence-electron chi connectivity index (χ2n) is 6.12. The van der Waals surface area contributed by atoms with Crippen LogP contribution in [0.25, 0.3) is 0 Å². The van der Waals surface area contributed by atoms with Gasteiger partial charge in [0.1, 0.15) is 6.61 Å². The van der Waals surface area contributed by atoms with Gasteiger partial charge in [0.05, 0.1) is 20.3 Å². The molecule has 1 atom stereocenters. The first kappa shape index (κ1) is 21.0. The lowest BCUT2D eigenvalue weighted by atomic mass is 9.92. The topological polar surface area (TPSA) is 90.9 Å². The molecule has 148 valence electrons. The van der Waals surface area contributed by atoms with Gasteiger partial charge in [-0.2, -0.15) is 0 Å². The quantitative estimate of drug-likeness (QED) is 0.448. The Bertz CT molecular complexity index is 805. The molecule has 0 aliphatic heterocycles. The van der Waals surface area contributed by atoms with Crippen LogP contribution in [0.2, 0.25) is 0 Å². The van der Waals surface area contributed by atoms with E-state index in [9.17, 15) is 14.4 Å². The van der Waals surface area contributed by atoms with Crippen molar-refractivity contribution in [2.24, 2.45) is 5.92 Å². The van der Waals surface area contributed by atoms with Gasteiger partial charge in [-0.25, -0.2) is 4.79 Å². The average Bonchev–Trinajstić information content (AvgIpc) is 2.72. The van der Waals surface area contributed by atoms with Gasteiger partial charge in [-0.15, -0.1) is 0 Å². The summed E-state index contributed by atoms with van der Waals surface area (Å²) in [5.74, 6) is -3.01. The zero-order chi connectivity index (χ0) is 20.5. The summed E-state index contributed by atoms with van der Waals surface area (Å²) < 4.78 is 14.7. The Balaban J connectivity index is 2.25. The lowest BCUT2D eigenvalue weighted by Gasteiger charge is -2.25. The van der Waals surface area contributed by atoms with Gasteiger partial charge in [-0.3, -0.25) is 9.59 Å². The standard InChI is InChI=1S/C21H23NO6/c1-14-8-7-11-16(12-14)18(17(19(23)26-2)20(24)27-3)22-21(25)28-13-15-9-5-4-6-10-15/h4-12,17-18H,13H2,1-3H3,(H,22,25)/t18-/m0/s1. The van der Waals surface area contributed by atoms with Gasteiger partial charge < -0.3 is 19.5 Å². The highest BCUT2D eigenvalue weighted by atomic mass is 16.6. The van der Waals surface area contributed by atoms with Crippen molar-refractivity contribution >= 4 is 18.0 Å². The molecule has 1 N–H and O–H groups in total. The van der Waals surface area contributed by atoms with Crippen LogP contribution in [0.1, 0.15) is 22.7 Å². The first-order chi connectivity index (χ1) is 13.5. The summed E-state index contributed by atoms with van der Waals surface area (Å²) in [6.07, 6.45) is -0.770. The van der Waals surface area contributed by atoms with Crippen LogP contribution in [0.4, 0.5) is 4.79 Å². The number of aryl methyl sites for hydroxylation is 1. The maximum Gasteiger partial charge on any atom is 0.407 e. The number of hydrogen-bond acceptors (Lipinski definition) is 6. The van der Waals surface area contributed by atoms with Crippen molar-refractivity contribution in [3.63, 3.8) is 0 Å². The number of ether oxygens (including phenoxy) is 3. The maximum atomic E-state index is 12.4. The van der Waals surface area contributed by atoms with Crippen LogP contribution in [0, 0.1) is 12.8 Å². The van der Waals surface area contributed by atoms with Gasteiger partial charge in [0.15, 0.2) is 5.92 Å². The summed E-state index contributed by atoms with van der Waals surface area (Å²) >= 11 is 0. The highest BCUT2D eigenvalue weighted by Crippen LogP contribution is 2.26. The van der Waals surface area contributed by atoms with Gasteiger partial charge in [0.2, 0.25) is 0 Å². The van der Waals surface area contributed by atoms with Crippen molar-refractivity contribution in [3.05, 3.63) is 71.3 Å². The Morgan fingerprint density at radius 3 is 2.14 bits per heavy atom. The normalized spacial score (nSPS) is 11.4. The summed E-state index contributed by atoms with van der Waals surface area (Å²) in [7, 11) is 2.33. The van der Waals surface area contributed by atoms with E-state index >= 15 is 0 Å². The molecule has 7 nitrogen and oxygen atoms in total. The number of amides is 1. The lowest BCUT2D eigenvalue weighted by Crippen LogP contribution is -2.42. The van der Waals surface area contributed by atoms with Crippen LogP contribution in [-0.4, -0.2) is 32.3 Å². The number of esters is 2. The molecule has 0 fully saturated rings. The average molecular weight is 385 g/mol. The largest absolute Gasteiger partial charge is 0.468 e. The van der Waals surface area contributed by atoms with Crippen LogP contribution in [-0.2, 0) is 30.4 Å². The summed E-state index contributed by atoms with van der Waals surface area (Å²) in [6, 6.07) is 15.2. The number of carbonyl (C=O) groups excluding carboxylic acids is 3. The minimum absolute atomic E-state index is 0.0499. The highest BCUT2D eigenvalue weighted by molar-refractivity contribution is 5.96. The van der Waals surface area contributed by atoms with Gasteiger partial charge in [0, 0.05) is 0 Å². The van der Waals surface area contributed by atoms with E-state index in [2.05, 4.69) is 5.32 Å².